The minimum Gasteiger partial charge on any atom is -0.271 e. The molecule has 0 saturated heterocycles. The van der Waals surface area contributed by atoms with Crippen LogP contribution >= 0.6 is 11.6 Å². The van der Waals surface area contributed by atoms with Gasteiger partial charge in [0.1, 0.15) is 0 Å². The van der Waals surface area contributed by atoms with Crippen molar-refractivity contribution < 1.29 is 0 Å². The van der Waals surface area contributed by atoms with Crippen molar-refractivity contribution in [3.8, 4) is 0 Å². The highest BCUT2D eigenvalue weighted by atomic mass is 35.5. The summed E-state index contributed by atoms with van der Waals surface area (Å²) >= 11 is 5.71. The molecule has 0 saturated carbocycles. The van der Waals surface area contributed by atoms with Crippen LogP contribution in [0.15, 0.2) is 11.6 Å². The Hall–Kier alpha value is -0.0500. The van der Waals surface area contributed by atoms with Gasteiger partial charge >= 0.3 is 0 Å². The van der Waals surface area contributed by atoms with Crippen LogP contribution in [0.1, 0.15) is 51.4 Å². The number of rotatable bonds is 5. The van der Waals surface area contributed by atoms with Gasteiger partial charge in [0, 0.05) is 11.9 Å². The Morgan fingerprint density at radius 2 is 2.13 bits per heavy atom. The quantitative estimate of drug-likeness (QED) is 0.330. The lowest BCUT2D eigenvalue weighted by atomic mass is 9.93. The minimum atomic E-state index is 0.349. The van der Waals surface area contributed by atoms with E-state index in [0.29, 0.717) is 6.04 Å². The molecule has 0 fully saturated rings. The third kappa shape index (κ3) is 5.01. The number of hydrazine groups is 1. The summed E-state index contributed by atoms with van der Waals surface area (Å²) < 4.78 is 0. The van der Waals surface area contributed by atoms with Gasteiger partial charge in [-0.05, 0) is 38.5 Å². The van der Waals surface area contributed by atoms with Crippen molar-refractivity contribution in [2.45, 2.75) is 57.4 Å². The number of hydrogen-bond acceptors (Lipinski definition) is 2. The van der Waals surface area contributed by atoms with Gasteiger partial charge < -0.3 is 0 Å². The summed E-state index contributed by atoms with van der Waals surface area (Å²) in [6.07, 6.45) is 12.3. The van der Waals surface area contributed by atoms with Crippen LogP contribution in [0, 0.1) is 0 Å². The monoisotopic (exact) mass is 230 g/mol. The van der Waals surface area contributed by atoms with Gasteiger partial charge in [-0.15, -0.1) is 11.6 Å². The first-order chi connectivity index (χ1) is 7.38. The van der Waals surface area contributed by atoms with Crippen LogP contribution in [-0.4, -0.2) is 11.9 Å². The Morgan fingerprint density at radius 3 is 2.87 bits per heavy atom. The third-order valence-corrected chi connectivity index (χ3v) is 3.37. The highest BCUT2D eigenvalue weighted by Crippen LogP contribution is 2.21. The lowest BCUT2D eigenvalue weighted by Crippen LogP contribution is -2.36. The topological polar surface area (TPSA) is 38.0 Å². The van der Waals surface area contributed by atoms with Crippen molar-refractivity contribution in [1.29, 1.82) is 0 Å². The molecule has 0 spiro atoms. The highest BCUT2D eigenvalue weighted by Gasteiger charge is 2.12. The minimum absolute atomic E-state index is 0.349. The molecule has 88 valence electrons. The van der Waals surface area contributed by atoms with Gasteiger partial charge in [0.25, 0.3) is 0 Å². The third-order valence-electron chi connectivity index (χ3n) is 3.10. The number of hydrogen-bond donors (Lipinski definition) is 2. The standard InChI is InChI=1S/C12H23ClN2/c13-10-6-9-12(15-14)11-7-4-2-1-3-5-8-11/h7,12,15H,1-6,8-10,14H2. The van der Waals surface area contributed by atoms with E-state index in [1.54, 1.807) is 0 Å². The van der Waals surface area contributed by atoms with Crippen LogP contribution in [0.4, 0.5) is 0 Å². The smallest absolute Gasteiger partial charge is 0.0420 e. The Morgan fingerprint density at radius 1 is 1.33 bits per heavy atom. The molecule has 0 radical (unpaired) electrons. The summed E-state index contributed by atoms with van der Waals surface area (Å²) in [5.74, 6) is 6.33. The largest absolute Gasteiger partial charge is 0.271 e. The van der Waals surface area contributed by atoms with Gasteiger partial charge in [0.2, 0.25) is 0 Å². The maximum Gasteiger partial charge on any atom is 0.0420 e. The van der Waals surface area contributed by atoms with Crippen molar-refractivity contribution in [2.24, 2.45) is 5.84 Å². The van der Waals surface area contributed by atoms with Crippen molar-refractivity contribution in [3.63, 3.8) is 0 Å². The fraction of sp³-hybridized carbons (Fsp3) is 0.833. The first-order valence-corrected chi connectivity index (χ1v) is 6.63. The van der Waals surface area contributed by atoms with Crippen molar-refractivity contribution >= 4 is 11.6 Å². The lowest BCUT2D eigenvalue weighted by molar-refractivity contribution is 0.510. The van der Waals surface area contributed by atoms with E-state index in [2.05, 4.69) is 11.5 Å². The maximum absolute atomic E-state index is 5.71. The van der Waals surface area contributed by atoms with Gasteiger partial charge in [-0.3, -0.25) is 11.3 Å². The van der Waals surface area contributed by atoms with Gasteiger partial charge in [-0.1, -0.05) is 24.5 Å². The average Bonchev–Trinajstić information content (AvgIpc) is 2.21. The molecule has 0 amide bonds. The molecule has 0 heterocycles. The summed E-state index contributed by atoms with van der Waals surface area (Å²) in [6, 6.07) is 0.349. The van der Waals surface area contributed by atoms with E-state index in [0.717, 1.165) is 18.7 Å². The highest BCUT2D eigenvalue weighted by molar-refractivity contribution is 6.17. The molecule has 1 atom stereocenters. The SMILES string of the molecule is NNC(CCCCl)C1=CCCCCCC1. The van der Waals surface area contributed by atoms with E-state index >= 15 is 0 Å². The van der Waals surface area contributed by atoms with E-state index in [4.69, 9.17) is 17.4 Å². The van der Waals surface area contributed by atoms with Crippen LogP contribution in [0.2, 0.25) is 0 Å². The number of alkyl halides is 1. The summed E-state index contributed by atoms with van der Waals surface area (Å²) in [4.78, 5) is 0. The zero-order valence-electron chi connectivity index (χ0n) is 9.47. The van der Waals surface area contributed by atoms with Crippen molar-refractivity contribution in [3.05, 3.63) is 11.6 Å². The van der Waals surface area contributed by atoms with Crippen LogP contribution in [0.3, 0.4) is 0 Å². The molecule has 0 aromatic carbocycles. The Labute approximate surface area is 98.2 Å². The van der Waals surface area contributed by atoms with Crippen molar-refractivity contribution in [2.75, 3.05) is 5.88 Å². The maximum atomic E-state index is 5.71. The second kappa shape index (κ2) is 8.14. The number of nitrogens with one attached hydrogen (secondary N) is 1. The van der Waals surface area contributed by atoms with E-state index in [1.165, 1.54) is 44.1 Å². The zero-order chi connectivity index (χ0) is 10.9. The van der Waals surface area contributed by atoms with Crippen LogP contribution in [0.5, 0.6) is 0 Å². The van der Waals surface area contributed by atoms with E-state index < -0.39 is 0 Å². The molecule has 1 aliphatic carbocycles. The second-order valence-corrected chi connectivity index (χ2v) is 4.66. The van der Waals surface area contributed by atoms with Gasteiger partial charge in [-0.2, -0.15) is 0 Å². The first kappa shape index (κ1) is 13.0. The fourth-order valence-corrected chi connectivity index (χ4v) is 2.34. The number of nitrogens with two attached hydrogens (primary N) is 1. The van der Waals surface area contributed by atoms with E-state index in [9.17, 15) is 0 Å². The van der Waals surface area contributed by atoms with Gasteiger partial charge in [-0.25, -0.2) is 0 Å². The molecule has 0 bridgehead atoms. The van der Waals surface area contributed by atoms with Crippen LogP contribution < -0.4 is 11.3 Å². The number of allylic oxidation sites excluding steroid dienone is 1. The van der Waals surface area contributed by atoms with Crippen molar-refractivity contribution in [1.82, 2.24) is 5.43 Å². The molecule has 15 heavy (non-hydrogen) atoms. The molecule has 0 aromatic heterocycles. The molecule has 1 unspecified atom stereocenters. The summed E-state index contributed by atoms with van der Waals surface area (Å²) in [6.45, 7) is 0. The molecule has 1 aliphatic rings. The van der Waals surface area contributed by atoms with E-state index in [1.807, 2.05) is 0 Å². The molecule has 0 aromatic rings. The summed E-state index contributed by atoms with van der Waals surface area (Å²) in [7, 11) is 0. The molecule has 2 nitrogen and oxygen atoms in total. The number of halogens is 1. The molecule has 3 heteroatoms. The lowest BCUT2D eigenvalue weighted by Gasteiger charge is -2.21. The summed E-state index contributed by atoms with van der Waals surface area (Å²) in [5, 5.41) is 0. The Kier molecular flexibility index (Phi) is 7.07. The molecule has 0 aliphatic heterocycles. The van der Waals surface area contributed by atoms with Gasteiger partial charge in [0.15, 0.2) is 0 Å². The zero-order valence-corrected chi connectivity index (χ0v) is 10.2. The predicted octanol–water partition coefficient (Wildman–Crippen LogP) is 3.12. The van der Waals surface area contributed by atoms with E-state index in [-0.39, 0.29) is 0 Å². The predicted molar refractivity (Wildman–Crippen MR) is 66.9 cm³/mol. The van der Waals surface area contributed by atoms with Crippen LogP contribution in [-0.2, 0) is 0 Å². The van der Waals surface area contributed by atoms with Crippen LogP contribution in [0.25, 0.3) is 0 Å². The Bertz CT molecular complexity index is 192. The molecular formula is C12H23ClN2. The molecule has 3 N–H and O–H groups in total. The molecular weight excluding hydrogens is 208 g/mol. The molecule has 1 rings (SSSR count). The Balaban J connectivity index is 2.47. The average molecular weight is 231 g/mol. The summed E-state index contributed by atoms with van der Waals surface area (Å²) in [5.41, 5.74) is 4.43. The first-order valence-electron chi connectivity index (χ1n) is 6.09. The second-order valence-electron chi connectivity index (χ2n) is 4.28. The normalized spacial score (nSPS) is 20.3. The van der Waals surface area contributed by atoms with Gasteiger partial charge in [0.05, 0.1) is 0 Å². The fourth-order valence-electron chi connectivity index (χ4n) is 2.19.